The molecule has 5 aromatic rings. The summed E-state index contributed by atoms with van der Waals surface area (Å²) in [6.45, 7) is 6.44. The standard InChI is InChI=1S/C31H32N6O3/c1-4-20(3)34-29(38)19-40-25-8-6-7-22(15-25)30-36-28-14-13-26(39-5-2)16-27(28)31(37-30)35-24-11-9-21(10-12-24)23-17-32-33-18-23/h6-18,20H,4-5,19H2,1-3H3,(H,32,33)(H,34,38)(H,35,36,37)/t20-/m1/s1. The molecule has 0 bridgehead atoms. The fourth-order valence-electron chi connectivity index (χ4n) is 4.17. The first-order chi connectivity index (χ1) is 19.5. The Balaban J connectivity index is 1.45. The number of aromatic nitrogens is 4. The number of nitrogens with one attached hydrogen (secondary N) is 3. The molecule has 2 heterocycles. The van der Waals surface area contributed by atoms with E-state index in [0.717, 1.165) is 45.5 Å². The van der Waals surface area contributed by atoms with E-state index in [9.17, 15) is 4.79 Å². The van der Waals surface area contributed by atoms with Crippen LogP contribution in [0.1, 0.15) is 27.2 Å². The van der Waals surface area contributed by atoms with Crippen LogP contribution in [0.5, 0.6) is 11.5 Å². The highest BCUT2D eigenvalue weighted by molar-refractivity contribution is 5.93. The number of benzene rings is 3. The molecule has 0 aliphatic carbocycles. The molecule has 2 aromatic heterocycles. The van der Waals surface area contributed by atoms with Crippen molar-refractivity contribution in [1.29, 1.82) is 0 Å². The monoisotopic (exact) mass is 536 g/mol. The molecule has 5 rings (SSSR count). The molecule has 9 heteroatoms. The molecule has 40 heavy (non-hydrogen) atoms. The van der Waals surface area contributed by atoms with Gasteiger partial charge in [-0.3, -0.25) is 9.89 Å². The number of nitrogens with zero attached hydrogens (tertiary/aromatic N) is 3. The van der Waals surface area contributed by atoms with Gasteiger partial charge in [-0.2, -0.15) is 5.10 Å². The Labute approximate surface area is 233 Å². The lowest BCUT2D eigenvalue weighted by Crippen LogP contribution is -2.35. The van der Waals surface area contributed by atoms with Crippen molar-refractivity contribution < 1.29 is 14.3 Å². The molecule has 0 spiro atoms. The zero-order valence-electron chi connectivity index (χ0n) is 22.8. The van der Waals surface area contributed by atoms with E-state index >= 15 is 0 Å². The minimum atomic E-state index is -0.155. The summed E-state index contributed by atoms with van der Waals surface area (Å²) in [4.78, 5) is 21.9. The van der Waals surface area contributed by atoms with Gasteiger partial charge in [0.2, 0.25) is 0 Å². The Morgan fingerprint density at radius 2 is 1.75 bits per heavy atom. The van der Waals surface area contributed by atoms with E-state index in [1.165, 1.54) is 0 Å². The first-order valence-electron chi connectivity index (χ1n) is 13.4. The van der Waals surface area contributed by atoms with Crippen LogP contribution in [0.4, 0.5) is 11.5 Å². The summed E-state index contributed by atoms with van der Waals surface area (Å²) < 4.78 is 11.5. The van der Waals surface area contributed by atoms with Crippen molar-refractivity contribution in [3.8, 4) is 34.0 Å². The van der Waals surface area contributed by atoms with Crippen LogP contribution in [-0.4, -0.2) is 45.3 Å². The molecule has 204 valence electrons. The zero-order valence-corrected chi connectivity index (χ0v) is 22.8. The van der Waals surface area contributed by atoms with Crippen molar-refractivity contribution >= 4 is 28.3 Å². The maximum Gasteiger partial charge on any atom is 0.258 e. The molecule has 1 amide bonds. The summed E-state index contributed by atoms with van der Waals surface area (Å²) in [5, 5.41) is 14.1. The number of hydrogen-bond acceptors (Lipinski definition) is 7. The molecule has 0 aliphatic heterocycles. The van der Waals surface area contributed by atoms with Crippen LogP contribution in [0, 0.1) is 0 Å². The molecule has 3 aromatic carbocycles. The van der Waals surface area contributed by atoms with Crippen LogP contribution in [-0.2, 0) is 4.79 Å². The van der Waals surface area contributed by atoms with Gasteiger partial charge in [0.1, 0.15) is 17.3 Å². The van der Waals surface area contributed by atoms with E-state index in [2.05, 4.69) is 20.8 Å². The summed E-state index contributed by atoms with van der Waals surface area (Å²) in [5.41, 5.74) is 4.49. The average molecular weight is 537 g/mol. The first-order valence-corrected chi connectivity index (χ1v) is 13.4. The third-order valence-corrected chi connectivity index (χ3v) is 6.44. The number of hydrogen-bond donors (Lipinski definition) is 3. The van der Waals surface area contributed by atoms with Gasteiger partial charge in [-0.05, 0) is 68.3 Å². The Hall–Kier alpha value is -4.92. The van der Waals surface area contributed by atoms with Crippen LogP contribution in [0.25, 0.3) is 33.4 Å². The maximum atomic E-state index is 12.2. The van der Waals surface area contributed by atoms with Gasteiger partial charge in [0, 0.05) is 34.4 Å². The van der Waals surface area contributed by atoms with E-state index in [0.29, 0.717) is 24.0 Å². The number of carbonyl (C=O) groups excluding carboxylic acids is 1. The van der Waals surface area contributed by atoms with Crippen molar-refractivity contribution in [2.45, 2.75) is 33.2 Å². The van der Waals surface area contributed by atoms with Crippen molar-refractivity contribution in [2.75, 3.05) is 18.5 Å². The van der Waals surface area contributed by atoms with Gasteiger partial charge in [0.25, 0.3) is 5.91 Å². The largest absolute Gasteiger partial charge is 0.494 e. The van der Waals surface area contributed by atoms with E-state index in [1.807, 2.05) is 93.7 Å². The maximum absolute atomic E-state index is 12.2. The predicted octanol–water partition coefficient (Wildman–Crippen LogP) is 6.12. The molecule has 0 saturated heterocycles. The van der Waals surface area contributed by atoms with Gasteiger partial charge in [0.05, 0.1) is 18.3 Å². The number of aromatic amines is 1. The number of fused-ring (bicyclic) bond motifs is 1. The van der Waals surface area contributed by atoms with E-state index in [1.54, 1.807) is 6.20 Å². The van der Waals surface area contributed by atoms with Gasteiger partial charge < -0.3 is 20.1 Å². The lowest BCUT2D eigenvalue weighted by Gasteiger charge is -2.14. The van der Waals surface area contributed by atoms with Crippen LogP contribution in [0.2, 0.25) is 0 Å². The van der Waals surface area contributed by atoms with Gasteiger partial charge in [-0.15, -0.1) is 0 Å². The van der Waals surface area contributed by atoms with Gasteiger partial charge in [-0.25, -0.2) is 9.97 Å². The molecule has 3 N–H and O–H groups in total. The second kappa shape index (κ2) is 12.3. The molecule has 9 nitrogen and oxygen atoms in total. The Morgan fingerprint density at radius 3 is 2.50 bits per heavy atom. The number of rotatable bonds is 11. The van der Waals surface area contributed by atoms with Crippen molar-refractivity contribution in [3.05, 3.63) is 79.1 Å². The molecule has 0 fully saturated rings. The van der Waals surface area contributed by atoms with Crippen LogP contribution in [0.3, 0.4) is 0 Å². The Kier molecular flexibility index (Phi) is 8.20. The topological polar surface area (TPSA) is 114 Å². The third-order valence-electron chi connectivity index (χ3n) is 6.44. The van der Waals surface area contributed by atoms with E-state index in [4.69, 9.17) is 19.4 Å². The number of amides is 1. The summed E-state index contributed by atoms with van der Waals surface area (Å²) in [6.07, 6.45) is 4.51. The summed E-state index contributed by atoms with van der Waals surface area (Å²) in [7, 11) is 0. The highest BCUT2D eigenvalue weighted by Crippen LogP contribution is 2.32. The van der Waals surface area contributed by atoms with Crippen molar-refractivity contribution in [1.82, 2.24) is 25.5 Å². The molecular weight excluding hydrogens is 504 g/mol. The average Bonchev–Trinajstić information content (AvgIpc) is 3.52. The van der Waals surface area contributed by atoms with Crippen LogP contribution in [0.15, 0.2) is 79.1 Å². The highest BCUT2D eigenvalue weighted by Gasteiger charge is 2.13. The minimum Gasteiger partial charge on any atom is -0.494 e. The lowest BCUT2D eigenvalue weighted by atomic mass is 10.1. The second-order valence-electron chi connectivity index (χ2n) is 9.39. The quantitative estimate of drug-likeness (QED) is 0.186. The second-order valence-corrected chi connectivity index (χ2v) is 9.39. The molecule has 0 saturated carbocycles. The van der Waals surface area contributed by atoms with Crippen molar-refractivity contribution in [3.63, 3.8) is 0 Å². The molecular formula is C31H32N6O3. The summed E-state index contributed by atoms with van der Waals surface area (Å²) in [6, 6.07) is 21.4. The third kappa shape index (κ3) is 6.37. The number of ether oxygens (including phenoxy) is 2. The van der Waals surface area contributed by atoms with Crippen LogP contribution < -0.4 is 20.1 Å². The molecule has 1 atom stereocenters. The summed E-state index contributed by atoms with van der Waals surface area (Å²) >= 11 is 0. The van der Waals surface area contributed by atoms with E-state index in [-0.39, 0.29) is 18.6 Å². The number of carbonyl (C=O) groups is 1. The van der Waals surface area contributed by atoms with Gasteiger partial charge in [-0.1, -0.05) is 31.2 Å². The van der Waals surface area contributed by atoms with Gasteiger partial charge >= 0.3 is 0 Å². The minimum absolute atomic E-state index is 0.0613. The normalized spacial score (nSPS) is 11.7. The fraction of sp³-hybridized carbons (Fsp3) is 0.226. The molecule has 0 radical (unpaired) electrons. The number of H-pyrrole nitrogens is 1. The SMILES string of the molecule is CCOc1ccc2nc(-c3cccc(OCC(=O)N[C@H](C)CC)c3)nc(Nc3ccc(-c4cn[nH]c4)cc3)c2c1. The first kappa shape index (κ1) is 26.7. The molecule has 0 unspecified atom stereocenters. The predicted molar refractivity (Wildman–Crippen MR) is 157 cm³/mol. The smallest absolute Gasteiger partial charge is 0.258 e. The van der Waals surface area contributed by atoms with Crippen LogP contribution >= 0.6 is 0 Å². The van der Waals surface area contributed by atoms with Gasteiger partial charge in [0.15, 0.2) is 12.4 Å². The fourth-order valence-corrected chi connectivity index (χ4v) is 4.17. The number of anilines is 2. The lowest BCUT2D eigenvalue weighted by molar-refractivity contribution is -0.123. The summed E-state index contributed by atoms with van der Waals surface area (Å²) in [5.74, 6) is 2.34. The highest BCUT2D eigenvalue weighted by atomic mass is 16.5. The van der Waals surface area contributed by atoms with E-state index < -0.39 is 0 Å². The zero-order chi connectivity index (χ0) is 27.9. The molecule has 0 aliphatic rings. The Morgan fingerprint density at radius 1 is 0.925 bits per heavy atom. The Bertz CT molecular complexity index is 1590. The van der Waals surface area contributed by atoms with Crippen molar-refractivity contribution in [2.24, 2.45) is 0 Å².